The maximum absolute atomic E-state index is 6.99. The van der Waals surface area contributed by atoms with Crippen LogP contribution in [0.25, 0.3) is 0 Å². The Morgan fingerprint density at radius 2 is 0.923 bits per heavy atom. The lowest BCUT2D eigenvalue weighted by Gasteiger charge is -2.42. The van der Waals surface area contributed by atoms with E-state index in [-0.39, 0.29) is 56.9 Å². The molecule has 0 aromatic heterocycles. The summed E-state index contributed by atoms with van der Waals surface area (Å²) < 4.78 is 72.5. The van der Waals surface area contributed by atoms with Gasteiger partial charge in [0.25, 0.3) is 6.29 Å². The molecule has 65 heavy (non-hydrogen) atoms. The summed E-state index contributed by atoms with van der Waals surface area (Å²) in [7, 11) is 13.0. The summed E-state index contributed by atoms with van der Waals surface area (Å²) in [6.07, 6.45) is -5.54. The van der Waals surface area contributed by atoms with Crippen molar-refractivity contribution in [2.45, 2.75) is 76.9 Å². The van der Waals surface area contributed by atoms with Crippen LogP contribution in [-0.2, 0) is 85.0 Å². The van der Waals surface area contributed by atoms with Gasteiger partial charge in [-0.1, -0.05) is 158 Å². The van der Waals surface area contributed by atoms with Crippen molar-refractivity contribution in [2.24, 2.45) is 0 Å². The Hall–Kier alpha value is -4.45. The minimum Gasteiger partial charge on any atom is -0.565 e. The van der Waals surface area contributed by atoms with Gasteiger partial charge in [-0.15, -0.1) is 18.2 Å². The van der Waals surface area contributed by atoms with E-state index in [2.05, 4.69) is 18.2 Å². The summed E-state index contributed by atoms with van der Waals surface area (Å²) in [5.74, 6) is 0.982. The number of hydrogen-bond acceptors (Lipinski definition) is 11. The fourth-order valence-corrected chi connectivity index (χ4v) is 7.57. The van der Waals surface area contributed by atoms with Crippen molar-refractivity contribution in [3.05, 3.63) is 203 Å². The molecule has 336 valence electrons. The Morgan fingerprint density at radius 1 is 0.508 bits per heavy atom. The number of hydrogen-bond donors (Lipinski definition) is 0. The topological polar surface area (TPSA) is 102 Å². The Labute approximate surface area is 389 Å². The molecule has 0 N–H and O–H groups in total. The lowest BCUT2D eigenvalue weighted by atomic mass is 9.69. The van der Waals surface area contributed by atoms with Crippen molar-refractivity contribution in [3.63, 3.8) is 0 Å². The lowest BCUT2D eigenvalue weighted by Crippen LogP contribution is -2.51. The molecule has 0 spiro atoms. The summed E-state index contributed by atoms with van der Waals surface area (Å²) in [5, 5.41) is 0. The molecule has 2 radical (unpaired) electrons. The summed E-state index contributed by atoms with van der Waals surface area (Å²) in [6.45, 7) is 2.17. The predicted octanol–water partition coefficient (Wildman–Crippen LogP) is 8.40. The molecule has 2 aliphatic rings. The largest absolute Gasteiger partial charge is 0.565 e. The van der Waals surface area contributed by atoms with E-state index in [0.717, 1.165) is 27.8 Å². The molecule has 0 bridgehead atoms. The quantitative estimate of drug-likeness (QED) is 0.0441. The van der Waals surface area contributed by atoms with Gasteiger partial charge in [0.2, 0.25) is 12.0 Å². The molecule has 8 atom stereocenters. The Balaban J connectivity index is 1.30. The van der Waals surface area contributed by atoms with Gasteiger partial charge in [-0.25, -0.2) is 0 Å². The second-order valence-electron chi connectivity index (χ2n) is 15.4. The van der Waals surface area contributed by atoms with Crippen molar-refractivity contribution in [1.29, 1.82) is 0 Å². The van der Waals surface area contributed by atoms with Gasteiger partial charge < -0.3 is 51.9 Å². The highest BCUT2D eigenvalue weighted by molar-refractivity contribution is 7.70. The van der Waals surface area contributed by atoms with Crippen LogP contribution in [0.4, 0.5) is 0 Å². The van der Waals surface area contributed by atoms with Crippen LogP contribution in [-0.4, -0.2) is 78.2 Å². The summed E-state index contributed by atoms with van der Waals surface area (Å²) >= 11 is 0. The third kappa shape index (κ3) is 14.5. The summed E-state index contributed by atoms with van der Waals surface area (Å²) in [5.41, 5.74) is 4.81. The highest BCUT2D eigenvalue weighted by Crippen LogP contribution is 2.39. The third-order valence-corrected chi connectivity index (χ3v) is 10.6. The molecule has 2 heterocycles. The van der Waals surface area contributed by atoms with Gasteiger partial charge in [-0.3, -0.25) is 0 Å². The Morgan fingerprint density at radius 3 is 1.37 bits per heavy atom. The van der Waals surface area contributed by atoms with Gasteiger partial charge in [0.05, 0.1) is 40.8 Å². The van der Waals surface area contributed by atoms with Crippen LogP contribution in [0.3, 0.4) is 0 Å². The smallest absolute Gasteiger partial charge is 0.318 e. The molecule has 2 aliphatic heterocycles. The normalized spacial score (nSPS) is 20.9. The maximum Gasteiger partial charge on any atom is 0.318 e. The van der Waals surface area contributed by atoms with Gasteiger partial charge in [0.1, 0.15) is 43.4 Å². The summed E-state index contributed by atoms with van der Waals surface area (Å²) in [6, 6.07) is 49.4. The molecule has 0 amide bonds. The summed E-state index contributed by atoms with van der Waals surface area (Å²) in [4.78, 5) is 0. The number of benzene rings is 5. The molecular formula is C49H55B3O11P2. The highest BCUT2D eigenvalue weighted by Gasteiger charge is 2.48. The zero-order chi connectivity index (χ0) is 45.2. The molecule has 0 saturated heterocycles. The predicted molar refractivity (Wildman–Crippen MR) is 258 cm³/mol. The van der Waals surface area contributed by atoms with Crippen LogP contribution in [0.5, 0.6) is 0 Å². The molecule has 5 aromatic rings. The van der Waals surface area contributed by atoms with E-state index in [0.29, 0.717) is 19.0 Å². The van der Waals surface area contributed by atoms with Gasteiger partial charge in [-0.2, -0.15) is 0 Å². The maximum atomic E-state index is 6.99. The van der Waals surface area contributed by atoms with E-state index >= 15 is 0 Å². The second-order valence-corrected chi connectivity index (χ2v) is 17.0. The van der Waals surface area contributed by atoms with E-state index in [9.17, 15) is 0 Å². The van der Waals surface area contributed by atoms with Crippen molar-refractivity contribution in [1.82, 2.24) is 0 Å². The fraction of sp³-hybridized carbons (Fsp3) is 0.306. The third-order valence-electron chi connectivity index (χ3n) is 10.3. The minimum atomic E-state index is -1.28. The van der Waals surface area contributed by atoms with Crippen molar-refractivity contribution >= 4 is 39.1 Å². The Kier molecular flexibility index (Phi) is 19.0. The van der Waals surface area contributed by atoms with E-state index in [4.69, 9.17) is 59.7 Å². The van der Waals surface area contributed by atoms with Gasteiger partial charge in [0, 0.05) is 7.11 Å². The molecule has 8 unspecified atom stereocenters. The molecule has 0 aliphatic carbocycles. The number of methoxy groups -OCH3 is 1. The van der Waals surface area contributed by atoms with Crippen LogP contribution in [0, 0.1) is 0 Å². The van der Waals surface area contributed by atoms with Crippen LogP contribution in [0.2, 0.25) is 6.82 Å². The SMILES string of the molecule is [B]B(P)OC1=C(OC2OC(COCc3ccccc3)C(OCc3ccccc3)C(OCc3ccccc3)=C2OCc2ccccc2)C(OC)OC(COCc2ccccc2)C1OB(C)P. The monoisotopic (exact) mass is 914 g/mol. The van der Waals surface area contributed by atoms with Gasteiger partial charge in [-0.05, 0) is 27.8 Å². The average Bonchev–Trinajstić information content (AvgIpc) is 3.33. The first-order valence-corrected chi connectivity index (χ1v) is 23.0. The first-order chi connectivity index (χ1) is 31.8. The molecule has 7 rings (SSSR count). The lowest BCUT2D eigenvalue weighted by molar-refractivity contribution is -0.252. The number of rotatable bonds is 24. The molecule has 0 saturated carbocycles. The highest BCUT2D eigenvalue weighted by atomic mass is 31.0. The standard InChI is InChI=1S/C49H55B3O11P2/c1-51(64)62-43-41(34-55-29-36-20-10-4-11-21-36)59-48(53-2)47(45(43)63-52(50)65)61-49-46(58-32-39-26-16-7-17-27-39)44(57-31-38-24-14-6-15-25-38)42(56-30-37-22-12-5-13-23-37)40(60-49)33-54-28-35-18-8-3-9-19-35/h3-27,40-43,48-49H,28-34,64-65H2,1-2H3. The van der Waals surface area contributed by atoms with Crippen molar-refractivity contribution in [3.8, 4) is 0 Å². The van der Waals surface area contributed by atoms with Crippen LogP contribution in [0.1, 0.15) is 27.8 Å². The zero-order valence-corrected chi connectivity index (χ0v) is 39.0. The first kappa shape index (κ1) is 48.5. The van der Waals surface area contributed by atoms with Crippen LogP contribution >= 0.6 is 18.2 Å². The minimum absolute atomic E-state index is 0.0958. The Bertz CT molecular complexity index is 2210. The molecule has 11 nitrogen and oxygen atoms in total. The van der Waals surface area contributed by atoms with Crippen molar-refractivity contribution < 1.29 is 51.9 Å². The second kappa shape index (κ2) is 25.5. The van der Waals surface area contributed by atoms with Crippen molar-refractivity contribution in [2.75, 3.05) is 20.3 Å². The van der Waals surface area contributed by atoms with E-state index in [1.54, 1.807) is 0 Å². The number of ether oxygens (including phenoxy) is 9. The van der Waals surface area contributed by atoms with Gasteiger partial charge >= 0.3 is 13.2 Å². The van der Waals surface area contributed by atoms with E-state index in [1.807, 2.05) is 158 Å². The first-order valence-electron chi connectivity index (χ1n) is 21.6. The van der Waals surface area contributed by atoms with E-state index < -0.39 is 43.5 Å². The molecular weight excluding hydrogens is 859 g/mol. The van der Waals surface area contributed by atoms with Crippen LogP contribution in [0.15, 0.2) is 175 Å². The molecule has 5 aromatic carbocycles. The van der Waals surface area contributed by atoms with Crippen LogP contribution < -0.4 is 0 Å². The fourth-order valence-electron chi connectivity index (χ4n) is 7.25. The zero-order valence-electron chi connectivity index (χ0n) is 36.7. The average molecular weight is 914 g/mol. The molecule has 16 heteroatoms. The van der Waals surface area contributed by atoms with Gasteiger partial charge in [0.15, 0.2) is 11.5 Å². The molecule has 0 fully saturated rings. The van der Waals surface area contributed by atoms with E-state index in [1.165, 1.54) is 7.11 Å².